The second-order valence-electron chi connectivity index (χ2n) is 6.69. The fourth-order valence-corrected chi connectivity index (χ4v) is 5.63. The summed E-state index contributed by atoms with van der Waals surface area (Å²) in [7, 11) is 0. The highest BCUT2D eigenvalue weighted by atomic mass is 35.5. The van der Waals surface area contributed by atoms with Crippen molar-refractivity contribution in [3.05, 3.63) is 45.6 Å². The van der Waals surface area contributed by atoms with Crippen LogP contribution in [0.2, 0.25) is 5.28 Å². The number of allylic oxidation sites excluding steroid dienone is 2. The molecule has 1 aromatic carbocycles. The Bertz CT molecular complexity index is 1110. The van der Waals surface area contributed by atoms with Crippen LogP contribution >= 0.6 is 22.9 Å². The molecular formula is C19H14ClN3O2S. The highest BCUT2D eigenvalue weighted by molar-refractivity contribution is 7.19. The molecule has 26 heavy (non-hydrogen) atoms. The van der Waals surface area contributed by atoms with Crippen molar-refractivity contribution >= 4 is 44.5 Å². The fourth-order valence-electron chi connectivity index (χ4n) is 4.06. The smallest absolute Gasteiger partial charge is 0.231 e. The van der Waals surface area contributed by atoms with Crippen LogP contribution in [0, 0.1) is 0 Å². The van der Waals surface area contributed by atoms with Gasteiger partial charge in [-0.05, 0) is 47.7 Å². The number of benzene rings is 1. The van der Waals surface area contributed by atoms with E-state index in [1.54, 1.807) is 11.3 Å². The third-order valence-electron chi connectivity index (χ3n) is 5.25. The molecule has 2 aliphatic carbocycles. The molecule has 5 nitrogen and oxygen atoms in total. The lowest BCUT2D eigenvalue weighted by atomic mass is 9.80. The molecule has 0 amide bonds. The zero-order valence-corrected chi connectivity index (χ0v) is 15.3. The van der Waals surface area contributed by atoms with Crippen molar-refractivity contribution in [3.63, 3.8) is 0 Å². The molecule has 7 heteroatoms. The number of nitrogens with zero attached hydrogens (tertiary/aromatic N) is 2. The lowest BCUT2D eigenvalue weighted by Crippen LogP contribution is -2.10. The first-order chi connectivity index (χ1) is 12.8. The van der Waals surface area contributed by atoms with Crippen LogP contribution in [0.4, 0.5) is 5.82 Å². The number of fused-ring (bicyclic) bond motifs is 7. The van der Waals surface area contributed by atoms with E-state index in [4.69, 9.17) is 21.1 Å². The Morgan fingerprint density at radius 2 is 2.15 bits per heavy atom. The predicted molar refractivity (Wildman–Crippen MR) is 102 cm³/mol. The number of rotatable bonds is 3. The number of hydrogen-bond donors (Lipinski definition) is 1. The quantitative estimate of drug-likeness (QED) is 0.648. The molecule has 0 fully saturated rings. The predicted octanol–water partition coefficient (Wildman–Crippen LogP) is 4.96. The maximum Gasteiger partial charge on any atom is 0.231 e. The summed E-state index contributed by atoms with van der Waals surface area (Å²) >= 11 is 7.93. The van der Waals surface area contributed by atoms with Crippen molar-refractivity contribution in [1.29, 1.82) is 0 Å². The molecule has 1 atom stereocenters. The van der Waals surface area contributed by atoms with Gasteiger partial charge in [0.2, 0.25) is 12.1 Å². The van der Waals surface area contributed by atoms with Gasteiger partial charge in [0, 0.05) is 22.9 Å². The number of ether oxygens (including phenoxy) is 2. The number of thiophene rings is 1. The summed E-state index contributed by atoms with van der Waals surface area (Å²) in [6.45, 7) is 0.915. The standard InChI is InChI=1S/C19H14ClN3O2S/c20-19-22-17(21-7-9-4-5-12-13(6-9)25-8-24-12)15-14-10-2-1-3-11(10)16(14)26-18(15)23-19/h2,4-6,11H,1,3,7-8H2,(H,21,22,23). The molecule has 3 heterocycles. The van der Waals surface area contributed by atoms with Gasteiger partial charge in [-0.25, -0.2) is 9.97 Å². The topological polar surface area (TPSA) is 56.3 Å². The van der Waals surface area contributed by atoms with E-state index in [1.165, 1.54) is 22.4 Å². The highest BCUT2D eigenvalue weighted by Crippen LogP contribution is 2.59. The fraction of sp³-hybridized carbons (Fsp3) is 0.263. The molecule has 0 radical (unpaired) electrons. The first-order valence-corrected chi connectivity index (χ1v) is 9.80. The zero-order valence-electron chi connectivity index (χ0n) is 13.7. The second kappa shape index (κ2) is 5.34. The van der Waals surface area contributed by atoms with Crippen molar-refractivity contribution in [3.8, 4) is 11.5 Å². The molecule has 3 aromatic rings. The van der Waals surface area contributed by atoms with Crippen molar-refractivity contribution in [1.82, 2.24) is 9.97 Å². The molecule has 3 aliphatic rings. The SMILES string of the molecule is Clc1nc(NCc2ccc3c(c2)OCO3)c2c3c(sc2n1)C1CCC=C31. The summed E-state index contributed by atoms with van der Waals surface area (Å²) in [6, 6.07) is 5.96. The van der Waals surface area contributed by atoms with Crippen LogP contribution in [0.3, 0.4) is 0 Å². The van der Waals surface area contributed by atoms with Crippen molar-refractivity contribution in [2.24, 2.45) is 0 Å². The molecule has 0 spiro atoms. The van der Waals surface area contributed by atoms with Crippen LogP contribution in [0.25, 0.3) is 15.8 Å². The van der Waals surface area contributed by atoms with Gasteiger partial charge in [-0.2, -0.15) is 0 Å². The van der Waals surface area contributed by atoms with Gasteiger partial charge in [-0.15, -0.1) is 11.3 Å². The molecule has 130 valence electrons. The molecule has 1 unspecified atom stereocenters. The van der Waals surface area contributed by atoms with Crippen LogP contribution in [0.5, 0.6) is 11.5 Å². The second-order valence-corrected chi connectivity index (χ2v) is 8.06. The molecule has 2 aromatic heterocycles. The van der Waals surface area contributed by atoms with Crippen LogP contribution in [0.1, 0.15) is 34.8 Å². The van der Waals surface area contributed by atoms with Gasteiger partial charge in [-0.1, -0.05) is 12.1 Å². The largest absolute Gasteiger partial charge is 0.454 e. The van der Waals surface area contributed by atoms with E-state index in [0.717, 1.165) is 39.5 Å². The number of nitrogens with one attached hydrogen (secondary N) is 1. The van der Waals surface area contributed by atoms with Crippen LogP contribution in [0.15, 0.2) is 24.3 Å². The average Bonchev–Trinajstić information content (AvgIpc) is 3.32. The summed E-state index contributed by atoms with van der Waals surface area (Å²) in [4.78, 5) is 11.3. The van der Waals surface area contributed by atoms with E-state index in [9.17, 15) is 0 Å². The minimum Gasteiger partial charge on any atom is -0.454 e. The van der Waals surface area contributed by atoms with Gasteiger partial charge in [0.15, 0.2) is 11.5 Å². The summed E-state index contributed by atoms with van der Waals surface area (Å²) in [5.74, 6) is 2.99. The lowest BCUT2D eigenvalue weighted by molar-refractivity contribution is 0.174. The van der Waals surface area contributed by atoms with E-state index in [-0.39, 0.29) is 12.1 Å². The van der Waals surface area contributed by atoms with Crippen molar-refractivity contribution in [2.45, 2.75) is 25.3 Å². The monoisotopic (exact) mass is 383 g/mol. The molecule has 0 saturated carbocycles. The molecule has 1 N–H and O–H groups in total. The summed E-state index contributed by atoms with van der Waals surface area (Å²) < 4.78 is 10.8. The normalized spacial score (nSPS) is 19.1. The van der Waals surface area contributed by atoms with E-state index in [2.05, 4.69) is 21.4 Å². The Morgan fingerprint density at radius 3 is 3.12 bits per heavy atom. The van der Waals surface area contributed by atoms with E-state index in [0.29, 0.717) is 12.5 Å². The van der Waals surface area contributed by atoms with Crippen molar-refractivity contribution < 1.29 is 9.47 Å². The van der Waals surface area contributed by atoms with Gasteiger partial charge in [0.1, 0.15) is 10.6 Å². The lowest BCUT2D eigenvalue weighted by Gasteiger charge is -2.26. The summed E-state index contributed by atoms with van der Waals surface area (Å²) in [5.41, 5.74) is 3.89. The molecule has 1 aliphatic heterocycles. The van der Waals surface area contributed by atoms with E-state index in [1.807, 2.05) is 18.2 Å². The third-order valence-corrected chi connectivity index (χ3v) is 6.62. The Hall–Kier alpha value is -2.31. The third kappa shape index (κ3) is 2.03. The summed E-state index contributed by atoms with van der Waals surface area (Å²) in [5, 5.41) is 4.85. The zero-order chi connectivity index (χ0) is 17.3. The van der Waals surface area contributed by atoms with E-state index < -0.39 is 0 Å². The van der Waals surface area contributed by atoms with Gasteiger partial charge < -0.3 is 14.8 Å². The maximum absolute atomic E-state index is 6.18. The molecule has 6 rings (SSSR count). The van der Waals surface area contributed by atoms with Crippen LogP contribution in [-0.4, -0.2) is 16.8 Å². The first-order valence-electron chi connectivity index (χ1n) is 8.60. The Balaban J connectivity index is 1.38. The molecule has 0 saturated heterocycles. The average molecular weight is 384 g/mol. The highest BCUT2D eigenvalue weighted by Gasteiger charge is 2.39. The number of hydrogen-bond acceptors (Lipinski definition) is 6. The summed E-state index contributed by atoms with van der Waals surface area (Å²) in [6.07, 6.45) is 4.74. The number of aromatic nitrogens is 2. The molecular weight excluding hydrogens is 370 g/mol. The number of anilines is 1. The van der Waals surface area contributed by atoms with Gasteiger partial charge >= 0.3 is 0 Å². The molecule has 0 bridgehead atoms. The Kier molecular flexibility index (Phi) is 3.05. The Morgan fingerprint density at radius 1 is 1.23 bits per heavy atom. The van der Waals surface area contributed by atoms with Gasteiger partial charge in [0.05, 0.1) is 5.39 Å². The van der Waals surface area contributed by atoms with E-state index >= 15 is 0 Å². The number of halogens is 1. The minimum absolute atomic E-state index is 0.283. The van der Waals surface area contributed by atoms with Gasteiger partial charge in [0.25, 0.3) is 0 Å². The van der Waals surface area contributed by atoms with Crippen LogP contribution in [-0.2, 0) is 6.54 Å². The minimum atomic E-state index is 0.283. The Labute approximate surface area is 158 Å². The maximum atomic E-state index is 6.18. The van der Waals surface area contributed by atoms with Gasteiger partial charge in [-0.3, -0.25) is 0 Å². The van der Waals surface area contributed by atoms with Crippen LogP contribution < -0.4 is 14.8 Å². The van der Waals surface area contributed by atoms with Crippen molar-refractivity contribution in [2.75, 3.05) is 12.1 Å². The first kappa shape index (κ1) is 14.8.